The van der Waals surface area contributed by atoms with Crippen LogP contribution in [0.2, 0.25) is 0 Å². The van der Waals surface area contributed by atoms with Crippen molar-refractivity contribution in [1.29, 1.82) is 0 Å². The predicted molar refractivity (Wildman–Crippen MR) is 106 cm³/mol. The number of aromatic nitrogens is 1. The molecule has 1 amide bonds. The molecule has 0 spiro atoms. The van der Waals surface area contributed by atoms with Crippen LogP contribution in [-0.4, -0.2) is 35.1 Å². The lowest BCUT2D eigenvalue weighted by molar-refractivity contribution is 0.0527. The number of aryl methyl sites for hydroxylation is 1. The molecule has 2 aliphatic rings. The van der Waals surface area contributed by atoms with E-state index < -0.39 is 0 Å². The van der Waals surface area contributed by atoms with E-state index >= 15 is 0 Å². The van der Waals surface area contributed by atoms with E-state index in [1.807, 2.05) is 6.92 Å². The smallest absolute Gasteiger partial charge is 0.268 e. The van der Waals surface area contributed by atoms with Crippen LogP contribution in [0.3, 0.4) is 0 Å². The van der Waals surface area contributed by atoms with E-state index in [0.29, 0.717) is 12.6 Å². The number of anilines is 1. The van der Waals surface area contributed by atoms with Crippen LogP contribution in [0.4, 0.5) is 5.69 Å². The molecule has 0 bridgehead atoms. The Morgan fingerprint density at radius 2 is 2.12 bits per heavy atom. The Labute approximate surface area is 158 Å². The molecule has 2 aromatic heterocycles. The minimum absolute atomic E-state index is 0.0626. The zero-order chi connectivity index (χ0) is 18.3. The summed E-state index contributed by atoms with van der Waals surface area (Å²) in [7, 11) is 1.71. The quantitative estimate of drug-likeness (QED) is 0.845. The van der Waals surface area contributed by atoms with Gasteiger partial charge >= 0.3 is 0 Å². The lowest BCUT2D eigenvalue weighted by atomic mass is 9.92. The Hall–Kier alpha value is -1.66. The largest absolute Gasteiger partial charge is 0.380 e. The zero-order valence-corrected chi connectivity index (χ0v) is 16.6. The fraction of sp³-hybridized carbons (Fsp3) is 0.600. The highest BCUT2D eigenvalue weighted by Gasteiger charge is 2.39. The molecular weight excluding hydrogens is 346 g/mol. The van der Waals surface area contributed by atoms with Gasteiger partial charge in [0.1, 0.15) is 15.9 Å². The molecular formula is C20H27N3O2S. The molecule has 4 rings (SSSR count). The third-order valence-corrected chi connectivity index (χ3v) is 6.67. The molecule has 1 aliphatic heterocycles. The van der Waals surface area contributed by atoms with Crippen LogP contribution in [0, 0.1) is 6.92 Å². The molecule has 6 heteroatoms. The first-order valence-corrected chi connectivity index (χ1v) is 10.5. The van der Waals surface area contributed by atoms with Crippen molar-refractivity contribution in [2.45, 2.75) is 71.2 Å². The number of nitrogens with zero attached hydrogens (tertiary/aromatic N) is 2. The van der Waals surface area contributed by atoms with Crippen molar-refractivity contribution in [3.8, 4) is 0 Å². The van der Waals surface area contributed by atoms with E-state index in [1.54, 1.807) is 7.11 Å². The average molecular weight is 374 g/mol. The molecule has 0 radical (unpaired) electrons. The first-order valence-electron chi connectivity index (χ1n) is 9.65. The highest BCUT2D eigenvalue weighted by molar-refractivity contribution is 7.21. The van der Waals surface area contributed by atoms with Crippen LogP contribution in [0.15, 0.2) is 6.07 Å². The van der Waals surface area contributed by atoms with E-state index in [-0.39, 0.29) is 12.1 Å². The topological polar surface area (TPSA) is 54.5 Å². The van der Waals surface area contributed by atoms with E-state index in [0.717, 1.165) is 51.3 Å². The van der Waals surface area contributed by atoms with Gasteiger partial charge in [0.15, 0.2) is 0 Å². The number of amides is 1. The molecule has 3 heterocycles. The molecule has 0 unspecified atom stereocenters. The third-order valence-electron chi connectivity index (χ3n) is 5.60. The number of ether oxygens (including phenoxy) is 1. The fourth-order valence-corrected chi connectivity index (χ4v) is 5.62. The lowest BCUT2D eigenvalue weighted by Gasteiger charge is -2.43. The van der Waals surface area contributed by atoms with Gasteiger partial charge in [-0.3, -0.25) is 4.79 Å². The molecule has 1 N–H and O–H groups in total. The molecule has 140 valence electrons. The van der Waals surface area contributed by atoms with Crippen LogP contribution >= 0.6 is 11.3 Å². The second-order valence-electron chi connectivity index (χ2n) is 7.41. The molecule has 0 aromatic carbocycles. The van der Waals surface area contributed by atoms with E-state index in [4.69, 9.17) is 9.72 Å². The van der Waals surface area contributed by atoms with Gasteiger partial charge in [0.2, 0.25) is 0 Å². The molecule has 1 atom stereocenters. The Kier molecular flexibility index (Phi) is 4.88. The standard InChI is InChI=1S/C20H27N3O2S/c1-4-15-22-17-16-13(11-25-3)10-12(2)21-19(16)26-18(17)20(24)23(15)14-8-6-5-7-9-14/h10,14-15,22H,4-9,11H2,1-3H3/t15-/m0/s1. The minimum atomic E-state index is 0.0626. The number of methoxy groups -OCH3 is 1. The molecule has 5 nitrogen and oxygen atoms in total. The lowest BCUT2D eigenvalue weighted by Crippen LogP contribution is -2.53. The summed E-state index contributed by atoms with van der Waals surface area (Å²) in [6, 6.07) is 2.43. The van der Waals surface area contributed by atoms with E-state index in [1.165, 1.54) is 30.6 Å². The molecule has 1 saturated carbocycles. The van der Waals surface area contributed by atoms with Crippen molar-refractivity contribution in [2.75, 3.05) is 12.4 Å². The van der Waals surface area contributed by atoms with E-state index in [9.17, 15) is 4.79 Å². The van der Waals surface area contributed by atoms with Crippen LogP contribution in [-0.2, 0) is 11.3 Å². The highest BCUT2D eigenvalue weighted by atomic mass is 32.1. The summed E-state index contributed by atoms with van der Waals surface area (Å²) in [5.41, 5.74) is 3.04. The van der Waals surface area contributed by atoms with Crippen LogP contribution in [0.25, 0.3) is 10.2 Å². The number of pyridine rings is 1. The molecule has 1 aliphatic carbocycles. The first-order chi connectivity index (χ1) is 12.6. The molecule has 1 fully saturated rings. The monoisotopic (exact) mass is 373 g/mol. The van der Waals surface area contributed by atoms with Gasteiger partial charge in [0.05, 0.1) is 12.3 Å². The highest BCUT2D eigenvalue weighted by Crippen LogP contribution is 2.43. The number of hydrogen-bond donors (Lipinski definition) is 1. The number of thiophene rings is 1. The summed E-state index contributed by atoms with van der Waals surface area (Å²) in [5, 5.41) is 4.75. The van der Waals surface area contributed by atoms with Crippen LogP contribution < -0.4 is 5.32 Å². The summed E-state index contributed by atoms with van der Waals surface area (Å²) in [4.78, 5) is 22.0. The summed E-state index contributed by atoms with van der Waals surface area (Å²) in [6.07, 6.45) is 6.95. The number of fused-ring (bicyclic) bond motifs is 3. The van der Waals surface area contributed by atoms with Gasteiger partial charge < -0.3 is 15.0 Å². The van der Waals surface area contributed by atoms with Gasteiger partial charge in [0.25, 0.3) is 5.91 Å². The Morgan fingerprint density at radius 3 is 2.81 bits per heavy atom. The molecule has 0 saturated heterocycles. The second kappa shape index (κ2) is 7.16. The Balaban J connectivity index is 1.81. The van der Waals surface area contributed by atoms with Gasteiger partial charge in [-0.2, -0.15) is 0 Å². The number of rotatable bonds is 4. The summed E-state index contributed by atoms with van der Waals surface area (Å²) >= 11 is 1.52. The van der Waals surface area contributed by atoms with Crippen molar-refractivity contribution < 1.29 is 9.53 Å². The zero-order valence-electron chi connectivity index (χ0n) is 15.8. The SMILES string of the molecule is CC[C@H]1Nc2c(sc3nc(C)cc(COC)c23)C(=O)N1C1CCCCC1. The summed E-state index contributed by atoms with van der Waals surface area (Å²) in [5.74, 6) is 0.182. The maximum atomic E-state index is 13.4. The fourth-order valence-electron chi connectivity index (χ4n) is 4.44. The summed E-state index contributed by atoms with van der Waals surface area (Å²) in [6.45, 7) is 4.68. The van der Waals surface area contributed by atoms with Crippen molar-refractivity contribution in [2.24, 2.45) is 0 Å². The maximum Gasteiger partial charge on any atom is 0.268 e. The van der Waals surface area contributed by atoms with Crippen molar-refractivity contribution in [3.05, 3.63) is 22.2 Å². The number of hydrogen-bond acceptors (Lipinski definition) is 5. The maximum absolute atomic E-state index is 13.4. The third kappa shape index (κ3) is 2.89. The van der Waals surface area contributed by atoms with Gasteiger partial charge in [-0.05, 0) is 37.8 Å². The van der Waals surface area contributed by atoms with E-state index in [2.05, 4.69) is 23.2 Å². The van der Waals surface area contributed by atoms with Gasteiger partial charge in [0, 0.05) is 24.2 Å². The number of carbonyl (C=O) groups is 1. The molecule has 2 aromatic rings. The normalized spacial score (nSPS) is 21.1. The predicted octanol–water partition coefficient (Wildman–Crippen LogP) is 4.69. The second-order valence-corrected chi connectivity index (χ2v) is 8.41. The molecule has 26 heavy (non-hydrogen) atoms. The van der Waals surface area contributed by atoms with Crippen LogP contribution in [0.5, 0.6) is 0 Å². The van der Waals surface area contributed by atoms with Gasteiger partial charge in [-0.15, -0.1) is 11.3 Å². The Bertz CT molecular complexity index is 826. The van der Waals surface area contributed by atoms with Gasteiger partial charge in [-0.1, -0.05) is 26.2 Å². The van der Waals surface area contributed by atoms with Crippen molar-refractivity contribution in [3.63, 3.8) is 0 Å². The van der Waals surface area contributed by atoms with Crippen LogP contribution in [0.1, 0.15) is 66.4 Å². The number of nitrogens with one attached hydrogen (secondary N) is 1. The Morgan fingerprint density at radius 1 is 1.35 bits per heavy atom. The minimum Gasteiger partial charge on any atom is -0.380 e. The first kappa shape index (κ1) is 17.7. The summed E-state index contributed by atoms with van der Waals surface area (Å²) < 4.78 is 5.40. The number of carbonyl (C=O) groups excluding carboxylic acids is 1. The van der Waals surface area contributed by atoms with Crippen molar-refractivity contribution in [1.82, 2.24) is 9.88 Å². The average Bonchev–Trinajstić information content (AvgIpc) is 3.01. The van der Waals surface area contributed by atoms with Crippen molar-refractivity contribution >= 4 is 33.1 Å². The van der Waals surface area contributed by atoms with Gasteiger partial charge in [-0.25, -0.2) is 4.98 Å².